The third-order valence-corrected chi connectivity index (χ3v) is 12.0. The van der Waals surface area contributed by atoms with Gasteiger partial charge in [0.25, 0.3) is 0 Å². The lowest BCUT2D eigenvalue weighted by atomic mass is 9.94. The van der Waals surface area contributed by atoms with Crippen LogP contribution in [0.4, 0.5) is 0 Å². The Morgan fingerprint density at radius 3 is 0.862 bits per heavy atom. The molecule has 0 atom stereocenters. The van der Waals surface area contributed by atoms with Gasteiger partial charge in [-0.2, -0.15) is 0 Å². The van der Waals surface area contributed by atoms with E-state index < -0.39 is 0 Å². The summed E-state index contributed by atoms with van der Waals surface area (Å²) in [5, 5.41) is 14.8. The molecule has 0 radical (unpaired) electrons. The monoisotopic (exact) mass is 762 g/mol. The summed E-state index contributed by atoms with van der Waals surface area (Å²) >= 11 is 0. The first-order chi connectivity index (χ1) is 28.7. The molecular weight excluding hydrogens is 713 g/mol. The van der Waals surface area contributed by atoms with Gasteiger partial charge in [-0.25, -0.2) is 0 Å². The van der Waals surface area contributed by atoms with Crippen molar-refractivity contribution in [3.05, 3.63) is 145 Å². The molecule has 0 unspecified atom stereocenters. The third-order valence-electron chi connectivity index (χ3n) is 12.0. The van der Waals surface area contributed by atoms with Crippen molar-refractivity contribution >= 4 is 64.6 Å². The van der Waals surface area contributed by atoms with E-state index in [0.717, 1.165) is 60.2 Å². The van der Waals surface area contributed by atoms with Gasteiger partial charge in [0.1, 0.15) is 36.2 Å². The van der Waals surface area contributed by atoms with Crippen LogP contribution in [0.15, 0.2) is 133 Å². The average Bonchev–Trinajstić information content (AvgIpc) is 3.25. The lowest BCUT2D eigenvalue weighted by Crippen LogP contribution is -1.99. The van der Waals surface area contributed by atoms with E-state index in [1.54, 1.807) is 0 Å². The largest absolute Gasteiger partial charge is 0.494 e. The van der Waals surface area contributed by atoms with Crippen molar-refractivity contribution in [3.63, 3.8) is 0 Å². The summed E-state index contributed by atoms with van der Waals surface area (Å²) in [5.74, 6) is 3.66. The highest BCUT2D eigenvalue weighted by Gasteiger charge is 2.14. The van der Waals surface area contributed by atoms with E-state index in [0.29, 0.717) is 13.2 Å². The fourth-order valence-electron chi connectivity index (χ4n) is 9.01. The van der Waals surface area contributed by atoms with Crippen molar-refractivity contribution in [1.82, 2.24) is 0 Å². The van der Waals surface area contributed by atoms with E-state index in [2.05, 4.69) is 133 Å². The van der Waals surface area contributed by atoms with Gasteiger partial charge < -0.3 is 18.9 Å². The molecule has 11 aliphatic rings. The number of rotatable bonds is 0. The molecule has 4 heteroatoms. The smallest absolute Gasteiger partial charge is 0.121 e. The maximum absolute atomic E-state index is 6.39. The zero-order chi connectivity index (χ0) is 38.7. The normalized spacial score (nSPS) is 15.8. The standard InChI is InChI=1S/C54H50O4/c1-2-4-6-8-10-12-26-56-48-29-41-19-23-45-33-50(34-46-24-20-42(30-48)52(41)54(45)46)58-36-38-15-13-37(14-16-38)35-57-49-31-43-21-17-39-27-47(55-25-11-9-7-5-3-1)28-40-18-22-44(32-49)53(43)51(39)40/h1-2,13-24,27-34H,3-12,25-26,35-36H2. The predicted molar refractivity (Wildman–Crippen MR) is 242 cm³/mol. The van der Waals surface area contributed by atoms with E-state index >= 15 is 0 Å². The van der Waals surface area contributed by atoms with E-state index in [1.807, 2.05) is 0 Å². The van der Waals surface area contributed by atoms with Crippen LogP contribution in [0.1, 0.15) is 75.3 Å². The summed E-state index contributed by atoms with van der Waals surface area (Å²) in [4.78, 5) is 0. The Hall–Kier alpha value is -6.00. The number of ether oxygens (including phenoxy) is 4. The Balaban J connectivity index is 0.864. The Bertz CT molecular complexity index is 2520. The van der Waals surface area contributed by atoms with Crippen LogP contribution < -0.4 is 18.9 Å². The van der Waals surface area contributed by atoms with Gasteiger partial charge in [0.15, 0.2) is 0 Å². The number of benzene rings is 9. The molecule has 18 bridgehead atoms. The second kappa shape index (κ2) is 16.5. The molecule has 9 aromatic rings. The summed E-state index contributed by atoms with van der Waals surface area (Å²) in [6, 6.07) is 43.8. The molecule has 0 N–H and O–H groups in total. The van der Waals surface area contributed by atoms with E-state index in [4.69, 9.17) is 18.9 Å². The molecule has 0 spiro atoms. The highest BCUT2D eigenvalue weighted by molar-refractivity contribution is 6.24. The summed E-state index contributed by atoms with van der Waals surface area (Å²) in [7, 11) is 0. The van der Waals surface area contributed by atoms with Crippen LogP contribution in [0.5, 0.6) is 23.0 Å². The fourth-order valence-corrected chi connectivity index (χ4v) is 9.01. The molecule has 0 amide bonds. The maximum atomic E-state index is 6.39. The highest BCUT2D eigenvalue weighted by atomic mass is 16.5. The van der Waals surface area contributed by atoms with Crippen LogP contribution in [0, 0.1) is 0 Å². The second-order valence-corrected chi connectivity index (χ2v) is 16.2. The molecule has 20 rings (SSSR count). The Morgan fingerprint density at radius 2 is 0.552 bits per heavy atom. The lowest BCUT2D eigenvalue weighted by molar-refractivity contribution is 0.303. The molecule has 9 aromatic carbocycles. The second-order valence-electron chi connectivity index (χ2n) is 16.2. The van der Waals surface area contributed by atoms with Gasteiger partial charge in [-0.05, 0) is 163 Å². The molecule has 4 nitrogen and oxygen atoms in total. The van der Waals surface area contributed by atoms with Crippen LogP contribution >= 0.6 is 0 Å². The molecule has 0 fully saturated rings. The van der Waals surface area contributed by atoms with Crippen LogP contribution in [0.2, 0.25) is 0 Å². The van der Waals surface area contributed by atoms with Crippen molar-refractivity contribution < 1.29 is 18.9 Å². The molecule has 0 saturated heterocycles. The van der Waals surface area contributed by atoms with Crippen molar-refractivity contribution in [2.24, 2.45) is 0 Å². The third kappa shape index (κ3) is 7.68. The van der Waals surface area contributed by atoms with Crippen LogP contribution in [0.3, 0.4) is 0 Å². The minimum absolute atomic E-state index is 0.496. The highest BCUT2D eigenvalue weighted by Crippen LogP contribution is 2.40. The summed E-state index contributed by atoms with van der Waals surface area (Å²) in [5.41, 5.74) is 2.24. The first kappa shape index (κ1) is 36.3. The van der Waals surface area contributed by atoms with Gasteiger partial charge in [-0.1, -0.05) is 111 Å². The zero-order valence-electron chi connectivity index (χ0n) is 33.2. The molecule has 0 aliphatic carbocycles. The number of hydrogen-bond donors (Lipinski definition) is 0. The minimum atomic E-state index is 0.496. The summed E-state index contributed by atoms with van der Waals surface area (Å²) in [6.07, 6.45) is 16.6. The maximum Gasteiger partial charge on any atom is 0.121 e. The van der Waals surface area contributed by atoms with Crippen molar-refractivity contribution in [2.75, 3.05) is 13.2 Å². The number of hydrogen-bond acceptors (Lipinski definition) is 4. The zero-order valence-corrected chi connectivity index (χ0v) is 33.2. The van der Waals surface area contributed by atoms with E-state index in [1.165, 1.54) is 116 Å². The van der Waals surface area contributed by atoms with Gasteiger partial charge in [0.2, 0.25) is 0 Å². The Morgan fingerprint density at radius 1 is 0.276 bits per heavy atom. The minimum Gasteiger partial charge on any atom is -0.494 e. The van der Waals surface area contributed by atoms with Gasteiger partial charge >= 0.3 is 0 Å². The predicted octanol–water partition coefficient (Wildman–Crippen LogP) is 14.9. The molecule has 290 valence electrons. The average molecular weight is 763 g/mol. The van der Waals surface area contributed by atoms with Crippen molar-refractivity contribution in [1.29, 1.82) is 0 Å². The summed E-state index contributed by atoms with van der Waals surface area (Å²) < 4.78 is 25.4. The SMILES string of the molecule is C1=CCCCCCCOc2cc3ccc4cc(cc5ccc(c2)c3c45)OCc2ccc(cc2)COc2cc3ccc4cc(cc5ccc(c2)c3c45)OCCCCCC1. The molecule has 11 heterocycles. The number of allylic oxidation sites excluding steroid dienone is 2. The Labute approximate surface area is 340 Å². The van der Waals surface area contributed by atoms with Crippen molar-refractivity contribution in [2.45, 2.75) is 77.4 Å². The van der Waals surface area contributed by atoms with Crippen LogP contribution in [-0.4, -0.2) is 13.2 Å². The van der Waals surface area contributed by atoms with E-state index in [9.17, 15) is 0 Å². The topological polar surface area (TPSA) is 36.9 Å². The lowest BCUT2D eigenvalue weighted by Gasteiger charge is -2.15. The van der Waals surface area contributed by atoms with Gasteiger partial charge in [0, 0.05) is 0 Å². The Kier molecular flexibility index (Phi) is 10.3. The first-order valence-corrected chi connectivity index (χ1v) is 21.4. The molecule has 11 aliphatic heterocycles. The quantitative estimate of drug-likeness (QED) is 0.114. The summed E-state index contributed by atoms with van der Waals surface area (Å²) in [6.45, 7) is 2.50. The first-order valence-electron chi connectivity index (χ1n) is 21.4. The molecule has 58 heavy (non-hydrogen) atoms. The molecular formula is C54H50O4. The van der Waals surface area contributed by atoms with E-state index in [-0.39, 0.29) is 0 Å². The molecule has 0 aromatic heterocycles. The van der Waals surface area contributed by atoms with Crippen LogP contribution in [0.25, 0.3) is 64.6 Å². The van der Waals surface area contributed by atoms with Gasteiger partial charge in [-0.15, -0.1) is 0 Å². The van der Waals surface area contributed by atoms with Crippen LogP contribution in [-0.2, 0) is 13.2 Å². The van der Waals surface area contributed by atoms with Gasteiger partial charge in [0.05, 0.1) is 13.2 Å². The fraction of sp³-hybridized carbons (Fsp3) is 0.259. The molecule has 0 saturated carbocycles. The van der Waals surface area contributed by atoms with Gasteiger partial charge in [-0.3, -0.25) is 0 Å². The van der Waals surface area contributed by atoms with Crippen molar-refractivity contribution in [3.8, 4) is 23.0 Å². The number of fused-ring (bicyclic) bond motifs is 1.